The van der Waals surface area contributed by atoms with Gasteiger partial charge in [-0.15, -0.1) is 0 Å². The second-order valence-electron chi connectivity index (χ2n) is 6.74. The average molecular weight is 494 g/mol. The van der Waals surface area contributed by atoms with Crippen LogP contribution in [0.3, 0.4) is 0 Å². The van der Waals surface area contributed by atoms with E-state index in [1.165, 1.54) is 0 Å². The predicted molar refractivity (Wildman–Crippen MR) is 119 cm³/mol. The molecular formula is C22H27IN2O3. The molecule has 0 bridgehead atoms. The number of nitrogens with one attached hydrogen (secondary N) is 1. The van der Waals surface area contributed by atoms with E-state index in [0.717, 1.165) is 15.6 Å². The highest BCUT2D eigenvalue weighted by atomic mass is 127. The minimum atomic E-state index is -0.595. The maximum Gasteiger partial charge on any atom is 0.261 e. The van der Waals surface area contributed by atoms with Crippen LogP contribution in [0.4, 0.5) is 0 Å². The molecule has 0 spiro atoms. The van der Waals surface area contributed by atoms with E-state index < -0.39 is 6.04 Å². The fourth-order valence-corrected chi connectivity index (χ4v) is 2.95. The van der Waals surface area contributed by atoms with Crippen LogP contribution >= 0.6 is 22.6 Å². The first kappa shape index (κ1) is 22.2. The number of carbonyl (C=O) groups excluding carboxylic acids is 2. The molecule has 0 saturated heterocycles. The van der Waals surface area contributed by atoms with Gasteiger partial charge in [-0.05, 0) is 72.7 Å². The van der Waals surface area contributed by atoms with Gasteiger partial charge in [-0.2, -0.15) is 0 Å². The minimum absolute atomic E-state index is 0.0617. The Morgan fingerprint density at radius 2 is 1.71 bits per heavy atom. The lowest BCUT2D eigenvalue weighted by atomic mass is 10.1. The van der Waals surface area contributed by atoms with Gasteiger partial charge in [0.05, 0.1) is 0 Å². The molecule has 0 fully saturated rings. The van der Waals surface area contributed by atoms with Gasteiger partial charge in [-0.3, -0.25) is 9.59 Å². The van der Waals surface area contributed by atoms with Crippen molar-refractivity contribution in [1.29, 1.82) is 0 Å². The van der Waals surface area contributed by atoms with E-state index in [1.807, 2.05) is 68.4 Å². The Labute approximate surface area is 180 Å². The van der Waals surface area contributed by atoms with Crippen LogP contribution in [0.5, 0.6) is 5.75 Å². The quantitative estimate of drug-likeness (QED) is 0.537. The molecule has 28 heavy (non-hydrogen) atoms. The lowest BCUT2D eigenvalue weighted by Gasteiger charge is -2.29. The zero-order chi connectivity index (χ0) is 20.5. The van der Waals surface area contributed by atoms with Gasteiger partial charge in [0.2, 0.25) is 5.91 Å². The lowest BCUT2D eigenvalue weighted by Crippen LogP contribution is -2.50. The number of ether oxygens (including phenoxy) is 1. The minimum Gasteiger partial charge on any atom is -0.484 e. The number of benzene rings is 2. The molecule has 0 aliphatic carbocycles. The van der Waals surface area contributed by atoms with Crippen LogP contribution in [-0.2, 0) is 16.1 Å². The number of hydrogen-bond donors (Lipinski definition) is 1. The molecule has 2 aromatic carbocycles. The Balaban J connectivity index is 2.10. The molecular weight excluding hydrogens is 467 g/mol. The summed E-state index contributed by atoms with van der Waals surface area (Å²) in [5.74, 6) is 0.243. The van der Waals surface area contributed by atoms with Gasteiger partial charge in [0, 0.05) is 16.2 Å². The second kappa shape index (κ2) is 11.0. The van der Waals surface area contributed by atoms with E-state index in [1.54, 1.807) is 11.8 Å². The van der Waals surface area contributed by atoms with Gasteiger partial charge in [-0.25, -0.2) is 0 Å². The van der Waals surface area contributed by atoms with E-state index in [0.29, 0.717) is 12.3 Å². The summed E-state index contributed by atoms with van der Waals surface area (Å²) in [5, 5.41) is 2.96. The third-order valence-electron chi connectivity index (χ3n) is 4.54. The molecule has 2 amide bonds. The molecule has 2 atom stereocenters. The molecule has 5 nitrogen and oxygen atoms in total. The highest BCUT2D eigenvalue weighted by Crippen LogP contribution is 2.15. The van der Waals surface area contributed by atoms with Crippen molar-refractivity contribution in [2.45, 2.75) is 45.8 Å². The Bertz CT molecular complexity index is 765. The van der Waals surface area contributed by atoms with Crippen LogP contribution in [-0.4, -0.2) is 35.4 Å². The summed E-state index contributed by atoms with van der Waals surface area (Å²) in [7, 11) is 0. The van der Waals surface area contributed by atoms with Crippen LogP contribution in [0.15, 0.2) is 54.6 Å². The molecule has 2 rings (SSSR count). The van der Waals surface area contributed by atoms with Crippen LogP contribution in [0.1, 0.15) is 32.8 Å². The normalized spacial score (nSPS) is 12.7. The number of rotatable bonds is 9. The summed E-state index contributed by atoms with van der Waals surface area (Å²) < 4.78 is 6.74. The van der Waals surface area contributed by atoms with Gasteiger partial charge >= 0.3 is 0 Å². The van der Waals surface area contributed by atoms with E-state index in [4.69, 9.17) is 4.74 Å². The summed E-state index contributed by atoms with van der Waals surface area (Å²) in [4.78, 5) is 27.1. The summed E-state index contributed by atoms with van der Waals surface area (Å²) >= 11 is 2.21. The van der Waals surface area contributed by atoms with Crippen molar-refractivity contribution in [3.05, 3.63) is 63.7 Å². The van der Waals surface area contributed by atoms with Crippen molar-refractivity contribution in [3.63, 3.8) is 0 Å². The maximum absolute atomic E-state index is 12.9. The highest BCUT2D eigenvalue weighted by molar-refractivity contribution is 14.1. The molecule has 1 N–H and O–H groups in total. The number of amides is 2. The van der Waals surface area contributed by atoms with Crippen molar-refractivity contribution >= 4 is 34.4 Å². The number of carbonyl (C=O) groups is 2. The standard InChI is InChI=1S/C22H27IN2O3/c1-4-16(2)24-22(27)17(3)25(14-18-8-6-5-7-9-18)21(26)15-28-20-12-10-19(23)11-13-20/h5-13,16-17H,4,14-15H2,1-3H3,(H,24,27)/t16-,17-/m0/s1. The number of hydrogen-bond acceptors (Lipinski definition) is 3. The Morgan fingerprint density at radius 1 is 1.07 bits per heavy atom. The van der Waals surface area contributed by atoms with Crippen LogP contribution in [0, 0.1) is 3.57 Å². The maximum atomic E-state index is 12.9. The first-order valence-corrected chi connectivity index (χ1v) is 10.5. The molecule has 150 valence electrons. The van der Waals surface area contributed by atoms with Gasteiger partial charge < -0.3 is 15.0 Å². The molecule has 0 radical (unpaired) electrons. The zero-order valence-corrected chi connectivity index (χ0v) is 18.7. The molecule has 0 aromatic heterocycles. The first-order chi connectivity index (χ1) is 13.4. The summed E-state index contributed by atoms with van der Waals surface area (Å²) in [6.45, 7) is 5.95. The van der Waals surface area contributed by atoms with Crippen molar-refractivity contribution in [2.75, 3.05) is 6.61 Å². The molecule has 2 aromatic rings. The van der Waals surface area contributed by atoms with E-state index >= 15 is 0 Å². The molecule has 0 heterocycles. The summed E-state index contributed by atoms with van der Waals surface area (Å²) in [6, 6.07) is 16.6. The predicted octanol–water partition coefficient (Wildman–Crippen LogP) is 4.00. The topological polar surface area (TPSA) is 58.6 Å². The number of halogens is 1. The fraction of sp³-hybridized carbons (Fsp3) is 0.364. The van der Waals surface area contributed by atoms with Gasteiger partial charge in [-0.1, -0.05) is 37.3 Å². The van der Waals surface area contributed by atoms with Crippen molar-refractivity contribution in [2.24, 2.45) is 0 Å². The fourth-order valence-electron chi connectivity index (χ4n) is 2.59. The SMILES string of the molecule is CC[C@H](C)NC(=O)[C@H](C)N(Cc1ccccc1)C(=O)COc1ccc(I)cc1. The summed E-state index contributed by atoms with van der Waals surface area (Å²) in [6.07, 6.45) is 0.834. The Morgan fingerprint density at radius 3 is 2.32 bits per heavy atom. The van der Waals surface area contributed by atoms with Gasteiger partial charge in [0.25, 0.3) is 5.91 Å². The highest BCUT2D eigenvalue weighted by Gasteiger charge is 2.27. The third kappa shape index (κ3) is 6.82. The second-order valence-corrected chi connectivity index (χ2v) is 7.99. The molecule has 0 unspecified atom stereocenters. The Kier molecular flexibility index (Phi) is 8.76. The van der Waals surface area contributed by atoms with Crippen molar-refractivity contribution < 1.29 is 14.3 Å². The van der Waals surface area contributed by atoms with E-state index in [-0.39, 0.29) is 24.5 Å². The van der Waals surface area contributed by atoms with Crippen molar-refractivity contribution in [3.8, 4) is 5.75 Å². The smallest absolute Gasteiger partial charge is 0.261 e. The monoisotopic (exact) mass is 494 g/mol. The van der Waals surface area contributed by atoms with Crippen LogP contribution in [0.25, 0.3) is 0 Å². The molecule has 0 aliphatic heterocycles. The van der Waals surface area contributed by atoms with E-state index in [2.05, 4.69) is 27.9 Å². The number of nitrogens with zero attached hydrogens (tertiary/aromatic N) is 1. The molecule has 0 aliphatic rings. The van der Waals surface area contributed by atoms with Gasteiger partial charge in [0.1, 0.15) is 11.8 Å². The van der Waals surface area contributed by atoms with E-state index in [9.17, 15) is 9.59 Å². The third-order valence-corrected chi connectivity index (χ3v) is 5.26. The molecule has 0 saturated carbocycles. The molecule has 6 heteroatoms. The lowest BCUT2D eigenvalue weighted by molar-refractivity contribution is -0.142. The Hall–Kier alpha value is -2.09. The zero-order valence-electron chi connectivity index (χ0n) is 16.5. The van der Waals surface area contributed by atoms with Crippen LogP contribution < -0.4 is 10.1 Å². The van der Waals surface area contributed by atoms with Gasteiger partial charge in [0.15, 0.2) is 6.61 Å². The summed E-state index contributed by atoms with van der Waals surface area (Å²) in [5.41, 5.74) is 0.966. The first-order valence-electron chi connectivity index (χ1n) is 9.42. The average Bonchev–Trinajstić information content (AvgIpc) is 2.71. The van der Waals surface area contributed by atoms with Crippen LogP contribution in [0.2, 0.25) is 0 Å². The van der Waals surface area contributed by atoms with Crippen molar-refractivity contribution in [1.82, 2.24) is 10.2 Å². The largest absolute Gasteiger partial charge is 0.484 e.